The monoisotopic (exact) mass is 295 g/mol. The summed E-state index contributed by atoms with van der Waals surface area (Å²) in [7, 11) is 0. The molecular weight excluding hydrogens is 278 g/mol. The fourth-order valence-electron chi connectivity index (χ4n) is 2.86. The lowest BCUT2D eigenvalue weighted by molar-refractivity contribution is 0.122. The molecule has 1 aliphatic heterocycles. The molecule has 4 heterocycles. The maximum absolute atomic E-state index is 5.41. The van der Waals surface area contributed by atoms with Crippen molar-refractivity contribution >= 4 is 11.5 Å². The lowest BCUT2D eigenvalue weighted by atomic mass is 10.2. The first kappa shape index (κ1) is 13.2. The average molecular weight is 295 g/mol. The van der Waals surface area contributed by atoms with Gasteiger partial charge in [0.05, 0.1) is 36.5 Å². The highest BCUT2D eigenvalue weighted by Crippen LogP contribution is 2.25. The minimum absolute atomic E-state index is 0.756. The van der Waals surface area contributed by atoms with Gasteiger partial charge in [-0.05, 0) is 19.1 Å². The molecule has 0 spiro atoms. The zero-order valence-electron chi connectivity index (χ0n) is 12.4. The molecule has 22 heavy (non-hydrogen) atoms. The number of morpholine rings is 1. The van der Waals surface area contributed by atoms with E-state index in [-0.39, 0.29) is 0 Å². The van der Waals surface area contributed by atoms with Crippen LogP contribution in [0.5, 0.6) is 0 Å². The molecular formula is C16H17N5O. The molecule has 0 saturated carbocycles. The molecule has 4 rings (SSSR count). The lowest BCUT2D eigenvalue weighted by Crippen LogP contribution is -2.36. The van der Waals surface area contributed by atoms with Crippen LogP contribution >= 0.6 is 0 Å². The Morgan fingerprint density at radius 2 is 2.00 bits per heavy atom. The van der Waals surface area contributed by atoms with Crippen LogP contribution in [0.3, 0.4) is 0 Å². The van der Waals surface area contributed by atoms with Crippen molar-refractivity contribution < 1.29 is 4.74 Å². The summed E-state index contributed by atoms with van der Waals surface area (Å²) in [6, 6.07) is 6.13. The van der Waals surface area contributed by atoms with E-state index in [0.717, 1.165) is 54.9 Å². The first-order valence-corrected chi connectivity index (χ1v) is 7.42. The van der Waals surface area contributed by atoms with E-state index in [9.17, 15) is 0 Å². The number of anilines is 1. The SMILES string of the molecule is Cc1nc2cnccn2c1-c1cccc(N2CCOCC2)n1. The Morgan fingerprint density at radius 1 is 1.14 bits per heavy atom. The van der Waals surface area contributed by atoms with Gasteiger partial charge in [-0.3, -0.25) is 9.38 Å². The molecule has 0 bridgehead atoms. The van der Waals surface area contributed by atoms with Crippen LogP contribution in [0, 0.1) is 6.92 Å². The summed E-state index contributed by atoms with van der Waals surface area (Å²) in [4.78, 5) is 15.8. The fourth-order valence-corrected chi connectivity index (χ4v) is 2.86. The third-order valence-corrected chi connectivity index (χ3v) is 3.92. The number of imidazole rings is 1. The maximum atomic E-state index is 5.41. The highest BCUT2D eigenvalue weighted by molar-refractivity contribution is 5.65. The molecule has 0 aromatic carbocycles. The highest BCUT2D eigenvalue weighted by atomic mass is 16.5. The van der Waals surface area contributed by atoms with Crippen molar-refractivity contribution in [3.8, 4) is 11.4 Å². The number of hydrogen-bond donors (Lipinski definition) is 0. The summed E-state index contributed by atoms with van der Waals surface area (Å²) >= 11 is 0. The van der Waals surface area contributed by atoms with E-state index in [0.29, 0.717) is 0 Å². The number of ether oxygens (including phenoxy) is 1. The van der Waals surface area contributed by atoms with E-state index in [1.54, 1.807) is 12.4 Å². The quantitative estimate of drug-likeness (QED) is 0.723. The highest BCUT2D eigenvalue weighted by Gasteiger charge is 2.16. The van der Waals surface area contributed by atoms with Crippen molar-refractivity contribution in [2.75, 3.05) is 31.2 Å². The number of hydrogen-bond acceptors (Lipinski definition) is 5. The van der Waals surface area contributed by atoms with Crippen LogP contribution in [0.1, 0.15) is 5.69 Å². The molecule has 0 atom stereocenters. The summed E-state index contributed by atoms with van der Waals surface area (Å²) in [5.74, 6) is 0.990. The molecule has 0 unspecified atom stereocenters. The largest absolute Gasteiger partial charge is 0.378 e. The van der Waals surface area contributed by atoms with E-state index in [2.05, 4.69) is 20.9 Å². The van der Waals surface area contributed by atoms with Gasteiger partial charge in [0.15, 0.2) is 5.65 Å². The van der Waals surface area contributed by atoms with Gasteiger partial charge in [-0.2, -0.15) is 0 Å². The van der Waals surface area contributed by atoms with Crippen LogP contribution in [0.4, 0.5) is 5.82 Å². The van der Waals surface area contributed by atoms with Gasteiger partial charge in [-0.15, -0.1) is 0 Å². The van der Waals surface area contributed by atoms with Crippen LogP contribution in [-0.2, 0) is 4.74 Å². The Morgan fingerprint density at radius 3 is 2.86 bits per heavy atom. The van der Waals surface area contributed by atoms with E-state index >= 15 is 0 Å². The number of fused-ring (bicyclic) bond motifs is 1. The minimum atomic E-state index is 0.756. The molecule has 6 heteroatoms. The Hall–Kier alpha value is -2.47. The summed E-state index contributed by atoms with van der Waals surface area (Å²) in [6.45, 7) is 5.28. The third-order valence-electron chi connectivity index (χ3n) is 3.92. The predicted octanol–water partition coefficient (Wildman–Crippen LogP) is 1.94. The zero-order valence-corrected chi connectivity index (χ0v) is 12.4. The van der Waals surface area contributed by atoms with E-state index < -0.39 is 0 Å². The van der Waals surface area contributed by atoms with Crippen molar-refractivity contribution in [2.24, 2.45) is 0 Å². The van der Waals surface area contributed by atoms with Crippen molar-refractivity contribution in [2.45, 2.75) is 6.92 Å². The lowest BCUT2D eigenvalue weighted by Gasteiger charge is -2.28. The summed E-state index contributed by atoms with van der Waals surface area (Å²) < 4.78 is 7.45. The average Bonchev–Trinajstić information content (AvgIpc) is 2.91. The first-order valence-electron chi connectivity index (χ1n) is 7.42. The topological polar surface area (TPSA) is 55.5 Å². The van der Waals surface area contributed by atoms with Gasteiger partial charge in [0, 0.05) is 25.5 Å². The molecule has 0 aliphatic carbocycles. The third kappa shape index (κ3) is 2.21. The second-order valence-electron chi connectivity index (χ2n) is 5.33. The van der Waals surface area contributed by atoms with Gasteiger partial charge < -0.3 is 9.64 Å². The van der Waals surface area contributed by atoms with Gasteiger partial charge in [0.25, 0.3) is 0 Å². The van der Waals surface area contributed by atoms with Crippen LogP contribution in [0.2, 0.25) is 0 Å². The number of rotatable bonds is 2. The second kappa shape index (κ2) is 5.38. The zero-order chi connectivity index (χ0) is 14.9. The second-order valence-corrected chi connectivity index (χ2v) is 5.33. The maximum Gasteiger partial charge on any atom is 0.156 e. The molecule has 6 nitrogen and oxygen atoms in total. The number of pyridine rings is 1. The predicted molar refractivity (Wildman–Crippen MR) is 84.0 cm³/mol. The van der Waals surface area contributed by atoms with Crippen molar-refractivity contribution in [3.05, 3.63) is 42.5 Å². The standard InChI is InChI=1S/C16H17N5O/c1-12-16(21-6-5-17-11-15(21)18-12)13-3-2-4-14(19-13)20-7-9-22-10-8-20/h2-6,11H,7-10H2,1H3. The van der Waals surface area contributed by atoms with Crippen molar-refractivity contribution in [1.82, 2.24) is 19.4 Å². The summed E-state index contributed by atoms with van der Waals surface area (Å²) in [6.07, 6.45) is 5.46. The minimum Gasteiger partial charge on any atom is -0.378 e. The van der Waals surface area contributed by atoms with Gasteiger partial charge in [0.1, 0.15) is 5.82 Å². The molecule has 0 amide bonds. The molecule has 1 saturated heterocycles. The molecule has 112 valence electrons. The Labute approximate surface area is 128 Å². The van der Waals surface area contributed by atoms with Gasteiger partial charge in [0.2, 0.25) is 0 Å². The fraction of sp³-hybridized carbons (Fsp3) is 0.312. The Balaban J connectivity index is 1.80. The van der Waals surface area contributed by atoms with Gasteiger partial charge in [-0.25, -0.2) is 9.97 Å². The molecule has 3 aromatic heterocycles. The Bertz CT molecular complexity index is 807. The van der Waals surface area contributed by atoms with Crippen LogP contribution < -0.4 is 4.90 Å². The molecule has 0 radical (unpaired) electrons. The molecule has 1 aliphatic rings. The molecule has 0 N–H and O–H groups in total. The van der Waals surface area contributed by atoms with Crippen molar-refractivity contribution in [1.29, 1.82) is 0 Å². The normalized spacial score (nSPS) is 15.4. The van der Waals surface area contributed by atoms with Gasteiger partial charge in [-0.1, -0.05) is 6.07 Å². The first-order chi connectivity index (χ1) is 10.8. The van der Waals surface area contributed by atoms with Gasteiger partial charge >= 0.3 is 0 Å². The smallest absolute Gasteiger partial charge is 0.156 e. The van der Waals surface area contributed by atoms with E-state index in [1.165, 1.54) is 0 Å². The van der Waals surface area contributed by atoms with Crippen LogP contribution in [0.25, 0.3) is 17.0 Å². The van der Waals surface area contributed by atoms with E-state index in [1.807, 2.05) is 29.7 Å². The van der Waals surface area contributed by atoms with Crippen molar-refractivity contribution in [3.63, 3.8) is 0 Å². The summed E-state index contributed by atoms with van der Waals surface area (Å²) in [5, 5.41) is 0. The number of aryl methyl sites for hydroxylation is 1. The Kier molecular flexibility index (Phi) is 3.23. The van der Waals surface area contributed by atoms with Crippen LogP contribution in [0.15, 0.2) is 36.8 Å². The number of aromatic nitrogens is 4. The van der Waals surface area contributed by atoms with E-state index in [4.69, 9.17) is 9.72 Å². The molecule has 1 fully saturated rings. The van der Waals surface area contributed by atoms with Crippen LogP contribution in [-0.4, -0.2) is 45.7 Å². The number of nitrogens with zero attached hydrogens (tertiary/aromatic N) is 5. The summed E-state index contributed by atoms with van der Waals surface area (Å²) in [5.41, 5.74) is 3.75. The molecule has 3 aromatic rings.